The first-order valence-electron chi connectivity index (χ1n) is 6.96. The third-order valence-electron chi connectivity index (χ3n) is 3.30. The second kappa shape index (κ2) is 7.90. The van der Waals surface area contributed by atoms with E-state index in [9.17, 15) is 23.3 Å². The Morgan fingerprint density at radius 3 is 2.50 bits per heavy atom. The summed E-state index contributed by atoms with van der Waals surface area (Å²) in [6.07, 6.45) is 0. The molecule has 0 heterocycles. The van der Waals surface area contributed by atoms with E-state index in [0.29, 0.717) is 4.31 Å². The molecule has 2 rings (SSSR count). The van der Waals surface area contributed by atoms with Crippen LogP contribution in [-0.2, 0) is 19.6 Å². The number of carbonyl (C=O) groups excluding carboxylic acids is 1. The van der Waals surface area contributed by atoms with Crippen molar-refractivity contribution in [3.63, 3.8) is 0 Å². The Kier molecular flexibility index (Phi) is 6.06. The summed E-state index contributed by atoms with van der Waals surface area (Å²) in [4.78, 5) is 21.5. The van der Waals surface area contributed by atoms with Crippen LogP contribution in [-0.4, -0.2) is 33.0 Å². The number of methoxy groups -OCH3 is 1. The minimum Gasteiger partial charge on any atom is -0.468 e. The quantitative estimate of drug-likeness (QED) is 0.404. The number of nitrogens with zero attached hydrogens (tertiary/aromatic N) is 2. The monoisotopic (exact) mass is 418 g/mol. The fourth-order valence-corrected chi connectivity index (χ4v) is 4.08. The van der Waals surface area contributed by atoms with E-state index in [2.05, 4.69) is 4.74 Å². The van der Waals surface area contributed by atoms with Gasteiger partial charge in [-0.1, -0.05) is 29.3 Å². The van der Waals surface area contributed by atoms with Crippen LogP contribution in [0.1, 0.15) is 0 Å². The molecule has 0 N–H and O–H groups in total. The number of nitro benzene ring substituents is 1. The van der Waals surface area contributed by atoms with E-state index in [1.807, 2.05) is 0 Å². The molecule has 2 aromatic carbocycles. The molecule has 8 nitrogen and oxygen atoms in total. The number of carbonyl (C=O) groups is 1. The smallest absolute Gasteiger partial charge is 0.326 e. The summed E-state index contributed by atoms with van der Waals surface area (Å²) >= 11 is 11.9. The Balaban J connectivity index is 2.61. The van der Waals surface area contributed by atoms with Crippen molar-refractivity contribution in [2.45, 2.75) is 4.90 Å². The van der Waals surface area contributed by atoms with Gasteiger partial charge in [0.2, 0.25) is 0 Å². The molecule has 0 saturated carbocycles. The third kappa shape index (κ3) is 4.24. The van der Waals surface area contributed by atoms with Crippen molar-refractivity contribution < 1.29 is 22.9 Å². The number of non-ortho nitro benzene ring substituents is 1. The van der Waals surface area contributed by atoms with E-state index in [-0.39, 0.29) is 20.6 Å². The molecule has 0 radical (unpaired) electrons. The summed E-state index contributed by atoms with van der Waals surface area (Å²) in [7, 11) is -3.25. The average molecular weight is 419 g/mol. The van der Waals surface area contributed by atoms with Gasteiger partial charge in [-0.3, -0.25) is 19.2 Å². The summed E-state index contributed by atoms with van der Waals surface area (Å²) in [5.41, 5.74) is -0.431. The molecule has 0 aliphatic rings. The first kappa shape index (κ1) is 20.0. The van der Waals surface area contributed by atoms with Crippen molar-refractivity contribution in [1.29, 1.82) is 0 Å². The van der Waals surface area contributed by atoms with Crippen LogP contribution in [0.5, 0.6) is 0 Å². The van der Waals surface area contributed by atoms with Gasteiger partial charge in [-0.05, 0) is 24.3 Å². The Hall–Kier alpha value is -2.36. The van der Waals surface area contributed by atoms with E-state index in [4.69, 9.17) is 23.2 Å². The van der Waals surface area contributed by atoms with E-state index >= 15 is 0 Å². The lowest BCUT2D eigenvalue weighted by molar-refractivity contribution is -0.385. The molecule has 0 aliphatic heterocycles. The molecule has 0 aliphatic carbocycles. The molecule has 0 spiro atoms. The topological polar surface area (TPSA) is 107 Å². The minimum absolute atomic E-state index is 0.0181. The number of rotatable bonds is 6. The van der Waals surface area contributed by atoms with Gasteiger partial charge in [0.05, 0.1) is 27.6 Å². The number of ether oxygens (including phenoxy) is 1. The van der Waals surface area contributed by atoms with Crippen LogP contribution in [0.25, 0.3) is 0 Å². The van der Waals surface area contributed by atoms with Crippen molar-refractivity contribution in [1.82, 2.24) is 0 Å². The van der Waals surface area contributed by atoms with Crippen LogP contribution in [0.3, 0.4) is 0 Å². The highest BCUT2D eigenvalue weighted by atomic mass is 35.5. The van der Waals surface area contributed by atoms with Crippen LogP contribution in [0, 0.1) is 10.1 Å². The van der Waals surface area contributed by atoms with Gasteiger partial charge in [0.1, 0.15) is 6.54 Å². The zero-order valence-electron chi connectivity index (χ0n) is 13.3. The highest BCUT2D eigenvalue weighted by molar-refractivity contribution is 7.92. The summed E-state index contributed by atoms with van der Waals surface area (Å²) in [6.45, 7) is -0.678. The zero-order valence-corrected chi connectivity index (χ0v) is 15.6. The van der Waals surface area contributed by atoms with Crippen LogP contribution in [0.2, 0.25) is 10.0 Å². The average Bonchev–Trinajstić information content (AvgIpc) is 2.60. The number of hydrogen-bond acceptors (Lipinski definition) is 6. The molecule has 0 fully saturated rings. The fraction of sp³-hybridized carbons (Fsp3) is 0.133. The lowest BCUT2D eigenvalue weighted by atomic mass is 10.3. The van der Waals surface area contributed by atoms with Gasteiger partial charge in [-0.2, -0.15) is 0 Å². The second-order valence-electron chi connectivity index (χ2n) is 4.94. The molecule has 0 amide bonds. The van der Waals surface area contributed by atoms with Gasteiger partial charge in [0.25, 0.3) is 15.7 Å². The van der Waals surface area contributed by atoms with Crippen LogP contribution in [0.15, 0.2) is 47.4 Å². The molecule has 11 heteroatoms. The number of nitro groups is 1. The van der Waals surface area contributed by atoms with Gasteiger partial charge in [-0.15, -0.1) is 0 Å². The number of anilines is 1. The van der Waals surface area contributed by atoms with Crippen LogP contribution >= 0.6 is 23.2 Å². The van der Waals surface area contributed by atoms with Crippen LogP contribution < -0.4 is 4.31 Å². The first-order chi connectivity index (χ1) is 12.2. The molecule has 0 unspecified atom stereocenters. The van der Waals surface area contributed by atoms with Crippen molar-refractivity contribution in [3.8, 4) is 0 Å². The van der Waals surface area contributed by atoms with E-state index < -0.39 is 33.1 Å². The first-order valence-corrected chi connectivity index (χ1v) is 9.15. The van der Waals surface area contributed by atoms with E-state index in [1.54, 1.807) is 0 Å². The zero-order chi connectivity index (χ0) is 19.5. The lowest BCUT2D eigenvalue weighted by Crippen LogP contribution is -2.36. The molecule has 26 heavy (non-hydrogen) atoms. The SMILES string of the molecule is COC(=O)CN(c1ccc(Cl)cc1Cl)S(=O)(=O)c1cccc([N+](=O)[O-])c1. The molecule has 0 atom stereocenters. The van der Waals surface area contributed by atoms with E-state index in [1.165, 1.54) is 30.3 Å². The van der Waals surface area contributed by atoms with Crippen molar-refractivity contribution in [2.24, 2.45) is 0 Å². The third-order valence-corrected chi connectivity index (χ3v) is 5.59. The van der Waals surface area contributed by atoms with Gasteiger partial charge >= 0.3 is 5.97 Å². The highest BCUT2D eigenvalue weighted by Gasteiger charge is 2.30. The summed E-state index contributed by atoms with van der Waals surface area (Å²) in [5, 5.41) is 11.2. The molecule has 0 saturated heterocycles. The molecule has 0 bridgehead atoms. The summed E-state index contributed by atoms with van der Waals surface area (Å²) < 4.78 is 31.2. The number of sulfonamides is 1. The highest BCUT2D eigenvalue weighted by Crippen LogP contribution is 2.33. The Morgan fingerprint density at radius 2 is 1.92 bits per heavy atom. The van der Waals surface area contributed by atoms with Gasteiger partial charge in [0, 0.05) is 17.2 Å². The fourth-order valence-electron chi connectivity index (χ4n) is 2.05. The minimum atomic E-state index is -4.35. The predicted molar refractivity (Wildman–Crippen MR) is 96.1 cm³/mol. The Labute approximate surface area is 159 Å². The maximum Gasteiger partial charge on any atom is 0.326 e. The summed E-state index contributed by atoms with van der Waals surface area (Å²) in [5.74, 6) is -0.843. The largest absolute Gasteiger partial charge is 0.468 e. The van der Waals surface area contributed by atoms with Gasteiger partial charge in [0.15, 0.2) is 0 Å². The predicted octanol–water partition coefficient (Wildman–Crippen LogP) is 3.27. The second-order valence-corrected chi connectivity index (χ2v) is 7.64. The van der Waals surface area contributed by atoms with E-state index in [0.717, 1.165) is 19.2 Å². The Morgan fingerprint density at radius 1 is 1.23 bits per heavy atom. The van der Waals surface area contributed by atoms with Crippen LogP contribution in [0.4, 0.5) is 11.4 Å². The molecular formula is C15H12Cl2N2O6S. The number of esters is 1. The lowest BCUT2D eigenvalue weighted by Gasteiger charge is -2.24. The molecular weight excluding hydrogens is 407 g/mol. The summed E-state index contributed by atoms with van der Waals surface area (Å²) in [6, 6.07) is 8.48. The number of halogens is 2. The van der Waals surface area contributed by atoms with Crippen molar-refractivity contribution >= 4 is 50.6 Å². The maximum atomic E-state index is 13.0. The molecule has 2 aromatic rings. The standard InChI is InChI=1S/C15H12Cl2N2O6S/c1-25-15(20)9-18(14-6-5-10(16)7-13(14)17)26(23,24)12-4-2-3-11(8-12)19(21)22/h2-8H,9H2,1H3. The van der Waals surface area contributed by atoms with Crippen molar-refractivity contribution in [3.05, 3.63) is 62.6 Å². The van der Waals surface area contributed by atoms with Crippen molar-refractivity contribution in [2.75, 3.05) is 18.0 Å². The normalized spacial score (nSPS) is 11.0. The number of benzene rings is 2. The molecule has 0 aromatic heterocycles. The van der Waals surface area contributed by atoms with Gasteiger partial charge in [-0.25, -0.2) is 8.42 Å². The van der Waals surface area contributed by atoms with Gasteiger partial charge < -0.3 is 4.74 Å². The Bertz CT molecular complexity index is 964. The molecule has 138 valence electrons. The number of hydrogen-bond donors (Lipinski definition) is 0. The maximum absolute atomic E-state index is 13.0.